The van der Waals surface area contributed by atoms with E-state index in [9.17, 15) is 4.79 Å². The maximum Gasteiger partial charge on any atom is 0.410 e. The molecule has 0 unspecified atom stereocenters. The largest absolute Gasteiger partial charge is 0.471 e. The summed E-state index contributed by atoms with van der Waals surface area (Å²) in [4.78, 5) is 27.7. The number of benzene rings is 2. The number of ether oxygens (including phenoxy) is 2. The van der Waals surface area contributed by atoms with Crippen LogP contribution in [0.4, 0.5) is 10.6 Å². The second-order valence-electron chi connectivity index (χ2n) is 10.1. The predicted molar refractivity (Wildman–Crippen MR) is 143 cm³/mol. The molecule has 1 amide bonds. The van der Waals surface area contributed by atoms with Crippen molar-refractivity contribution >= 4 is 11.9 Å². The quantitative estimate of drug-likeness (QED) is 0.455. The summed E-state index contributed by atoms with van der Waals surface area (Å²) in [7, 11) is 0. The molecule has 0 radical (unpaired) electrons. The predicted octanol–water partition coefficient (Wildman–Crippen LogP) is 4.32. The lowest BCUT2D eigenvalue weighted by molar-refractivity contribution is 0.0116. The molecule has 0 bridgehead atoms. The first-order valence-electron chi connectivity index (χ1n) is 13.0. The van der Waals surface area contributed by atoms with E-state index >= 15 is 0 Å². The fraction of sp³-hybridized carbons (Fsp3) is 0.414. The summed E-state index contributed by atoms with van der Waals surface area (Å²) in [6, 6.07) is 18.6. The molecule has 0 saturated carbocycles. The van der Waals surface area contributed by atoms with Gasteiger partial charge in [-0.05, 0) is 22.6 Å². The van der Waals surface area contributed by atoms with Crippen LogP contribution in [0.25, 0.3) is 0 Å². The van der Waals surface area contributed by atoms with Crippen molar-refractivity contribution in [2.24, 2.45) is 0 Å². The first kappa shape index (κ1) is 25.0. The van der Waals surface area contributed by atoms with Gasteiger partial charge in [0.1, 0.15) is 18.5 Å². The van der Waals surface area contributed by atoms with Gasteiger partial charge in [-0.2, -0.15) is 0 Å². The molecule has 2 aliphatic heterocycles. The van der Waals surface area contributed by atoms with E-state index in [2.05, 4.69) is 57.9 Å². The van der Waals surface area contributed by atoms with Crippen molar-refractivity contribution in [1.82, 2.24) is 19.8 Å². The second-order valence-corrected chi connectivity index (χ2v) is 10.1. The lowest BCUT2D eigenvalue weighted by Crippen LogP contribution is -2.53. The Bertz CT molecular complexity index is 1140. The Morgan fingerprint density at radius 1 is 0.919 bits per heavy atom. The van der Waals surface area contributed by atoms with E-state index in [0.717, 1.165) is 31.0 Å². The molecule has 37 heavy (non-hydrogen) atoms. The zero-order valence-electron chi connectivity index (χ0n) is 21.6. The fourth-order valence-corrected chi connectivity index (χ4v) is 4.63. The minimum absolute atomic E-state index is 0.139. The van der Waals surface area contributed by atoms with Gasteiger partial charge in [0.2, 0.25) is 5.88 Å². The third kappa shape index (κ3) is 6.57. The highest BCUT2D eigenvalue weighted by Crippen LogP contribution is 2.21. The van der Waals surface area contributed by atoms with Gasteiger partial charge in [-0.3, -0.25) is 4.90 Å². The molecule has 0 spiro atoms. The van der Waals surface area contributed by atoms with Crippen molar-refractivity contribution in [1.29, 1.82) is 0 Å². The Kier molecular flexibility index (Phi) is 7.84. The fourth-order valence-electron chi connectivity index (χ4n) is 4.63. The van der Waals surface area contributed by atoms with E-state index in [-0.39, 0.29) is 18.8 Å². The molecule has 194 valence electrons. The molecular weight excluding hydrogens is 466 g/mol. The molecule has 3 aromatic rings. The Morgan fingerprint density at radius 3 is 2.30 bits per heavy atom. The molecule has 5 rings (SSSR count). The van der Waals surface area contributed by atoms with Crippen LogP contribution in [0.2, 0.25) is 0 Å². The van der Waals surface area contributed by atoms with Gasteiger partial charge in [-0.25, -0.2) is 14.8 Å². The third-order valence-corrected chi connectivity index (χ3v) is 6.95. The van der Waals surface area contributed by atoms with Crippen LogP contribution in [0.15, 0.2) is 67.0 Å². The van der Waals surface area contributed by atoms with Gasteiger partial charge in [0.05, 0.1) is 12.4 Å². The molecule has 0 atom stereocenters. The van der Waals surface area contributed by atoms with Crippen LogP contribution in [0.1, 0.15) is 36.5 Å². The van der Waals surface area contributed by atoms with Crippen LogP contribution >= 0.6 is 0 Å². The smallest absolute Gasteiger partial charge is 0.410 e. The lowest BCUT2D eigenvalue weighted by atomic mass is 10.0. The maximum atomic E-state index is 12.4. The van der Waals surface area contributed by atoms with Gasteiger partial charge < -0.3 is 19.3 Å². The van der Waals surface area contributed by atoms with Gasteiger partial charge in [0.15, 0.2) is 0 Å². The highest BCUT2D eigenvalue weighted by Gasteiger charge is 2.29. The molecule has 1 aromatic heterocycles. The first-order valence-corrected chi connectivity index (χ1v) is 13.0. The average molecular weight is 502 g/mol. The van der Waals surface area contributed by atoms with E-state index < -0.39 is 0 Å². The van der Waals surface area contributed by atoms with Gasteiger partial charge in [-0.15, -0.1) is 0 Å². The van der Waals surface area contributed by atoms with Crippen molar-refractivity contribution < 1.29 is 14.3 Å². The molecule has 2 fully saturated rings. The number of piperazine rings is 1. The molecule has 2 saturated heterocycles. The maximum absolute atomic E-state index is 12.4. The number of carbonyl (C=O) groups is 1. The molecular formula is C29H35N5O3. The number of hydrogen-bond donors (Lipinski definition) is 0. The molecule has 8 heteroatoms. The van der Waals surface area contributed by atoms with Crippen LogP contribution < -0.4 is 9.64 Å². The Morgan fingerprint density at radius 2 is 1.65 bits per heavy atom. The Balaban J connectivity index is 1.02. The van der Waals surface area contributed by atoms with Crippen LogP contribution in [-0.4, -0.2) is 71.2 Å². The van der Waals surface area contributed by atoms with Crippen molar-refractivity contribution in [3.05, 3.63) is 83.7 Å². The normalized spacial score (nSPS) is 16.5. The molecule has 2 aromatic carbocycles. The highest BCUT2D eigenvalue weighted by molar-refractivity contribution is 5.68. The number of amides is 1. The van der Waals surface area contributed by atoms with Crippen molar-refractivity contribution in [2.45, 2.75) is 39.0 Å². The molecule has 2 aliphatic rings. The van der Waals surface area contributed by atoms with Crippen molar-refractivity contribution in [2.75, 3.05) is 44.2 Å². The van der Waals surface area contributed by atoms with Gasteiger partial charge in [-0.1, -0.05) is 68.4 Å². The molecule has 0 N–H and O–H groups in total. The van der Waals surface area contributed by atoms with Crippen LogP contribution in [0.3, 0.4) is 0 Å². The topological polar surface area (TPSA) is 71.0 Å². The van der Waals surface area contributed by atoms with E-state index in [4.69, 9.17) is 9.47 Å². The number of rotatable bonds is 8. The van der Waals surface area contributed by atoms with Gasteiger partial charge in [0.25, 0.3) is 0 Å². The summed E-state index contributed by atoms with van der Waals surface area (Å²) in [6.07, 6.45) is 3.31. The second kappa shape index (κ2) is 11.6. The standard InChI is InChI=1S/C29H35N5O3/c1-22(2)25-10-8-23(9-11-25)18-32-19-26(20-32)37-28-17-30-27(16-31-28)33-12-14-34(15-13-33)29(35)36-21-24-6-4-3-5-7-24/h3-11,16-17,22,26H,12-15,18-21H2,1-2H3. The van der Waals surface area contributed by atoms with Crippen LogP contribution in [-0.2, 0) is 17.9 Å². The van der Waals surface area contributed by atoms with E-state index in [0.29, 0.717) is 38.0 Å². The number of aromatic nitrogens is 2. The van der Waals surface area contributed by atoms with Crippen molar-refractivity contribution in [3.63, 3.8) is 0 Å². The summed E-state index contributed by atoms with van der Waals surface area (Å²) in [5, 5.41) is 0. The van der Waals surface area contributed by atoms with E-state index in [1.807, 2.05) is 30.3 Å². The third-order valence-electron chi connectivity index (χ3n) is 6.95. The lowest BCUT2D eigenvalue weighted by Gasteiger charge is -2.38. The molecule has 8 nitrogen and oxygen atoms in total. The first-order chi connectivity index (χ1) is 18.0. The average Bonchev–Trinajstić information content (AvgIpc) is 2.92. The number of nitrogens with zero attached hydrogens (tertiary/aromatic N) is 5. The monoisotopic (exact) mass is 501 g/mol. The SMILES string of the molecule is CC(C)c1ccc(CN2CC(Oc3cnc(N4CCN(C(=O)OCc5ccccc5)CC4)cn3)C2)cc1. The zero-order chi connectivity index (χ0) is 25.6. The minimum Gasteiger partial charge on any atom is -0.471 e. The highest BCUT2D eigenvalue weighted by atomic mass is 16.6. The molecule has 3 heterocycles. The van der Waals surface area contributed by atoms with Crippen molar-refractivity contribution in [3.8, 4) is 5.88 Å². The summed E-state index contributed by atoms with van der Waals surface area (Å²) in [5.74, 6) is 1.91. The summed E-state index contributed by atoms with van der Waals surface area (Å²) in [6.45, 7) is 9.98. The number of hydrogen-bond acceptors (Lipinski definition) is 7. The number of carbonyl (C=O) groups excluding carboxylic acids is 1. The zero-order valence-corrected chi connectivity index (χ0v) is 21.6. The molecule has 0 aliphatic carbocycles. The summed E-state index contributed by atoms with van der Waals surface area (Å²) in [5.41, 5.74) is 3.69. The minimum atomic E-state index is -0.277. The van der Waals surface area contributed by atoms with Gasteiger partial charge in [0, 0.05) is 45.8 Å². The summed E-state index contributed by atoms with van der Waals surface area (Å²) >= 11 is 0. The summed E-state index contributed by atoms with van der Waals surface area (Å²) < 4.78 is 11.5. The number of anilines is 1. The Hall–Kier alpha value is -3.65. The van der Waals surface area contributed by atoms with Crippen LogP contribution in [0, 0.1) is 0 Å². The Labute approximate surface area is 218 Å². The van der Waals surface area contributed by atoms with E-state index in [1.165, 1.54) is 11.1 Å². The number of likely N-dealkylation sites (tertiary alicyclic amines) is 1. The van der Waals surface area contributed by atoms with Gasteiger partial charge >= 0.3 is 6.09 Å². The van der Waals surface area contributed by atoms with Crippen LogP contribution in [0.5, 0.6) is 5.88 Å². The van der Waals surface area contributed by atoms with E-state index in [1.54, 1.807) is 17.3 Å².